The summed E-state index contributed by atoms with van der Waals surface area (Å²) in [7, 11) is -2.43. The Labute approximate surface area is 274 Å². The normalized spacial score (nSPS) is 13.5. The largest absolute Gasteiger partial charge is 0.389 e. The first-order valence-corrected chi connectivity index (χ1v) is 17.1. The molecule has 4 rings (SSSR count). The Hall–Kier alpha value is -4.62. The molecule has 0 aliphatic carbocycles. The zero-order valence-electron chi connectivity index (χ0n) is 27.1. The van der Waals surface area contributed by atoms with Gasteiger partial charge in [0, 0.05) is 24.4 Å². The minimum atomic E-state index is -3.75. The smallest absolute Gasteiger partial charge is 0.251 e. The lowest BCUT2D eigenvalue weighted by Crippen LogP contribution is -2.46. The molecular weight excluding hydrogens is 623 g/mol. The van der Waals surface area contributed by atoms with Crippen molar-refractivity contribution in [2.75, 3.05) is 17.6 Å². The number of anilines is 1. The van der Waals surface area contributed by atoms with E-state index in [2.05, 4.69) is 34.8 Å². The molecule has 2 amide bonds. The number of hydrogen-bond donors (Lipinski definition) is 3. The van der Waals surface area contributed by atoms with E-state index in [4.69, 9.17) is 0 Å². The van der Waals surface area contributed by atoms with Gasteiger partial charge in [-0.1, -0.05) is 61.5 Å². The number of halogens is 1. The fraction of sp³-hybridized carbons (Fsp3) is 0.353. The summed E-state index contributed by atoms with van der Waals surface area (Å²) in [5.41, 5.74) is 2.47. The summed E-state index contributed by atoms with van der Waals surface area (Å²) in [5, 5.41) is 25.4. The number of aliphatic hydroxyl groups excluding tert-OH is 1. The summed E-state index contributed by atoms with van der Waals surface area (Å²) < 4.78 is 40.8. The Morgan fingerprint density at radius 3 is 2.15 bits per heavy atom. The number of aliphatic hydroxyl groups is 1. The molecule has 0 bridgehead atoms. The van der Waals surface area contributed by atoms with Crippen LogP contribution in [0.2, 0.25) is 0 Å². The van der Waals surface area contributed by atoms with E-state index in [0.717, 1.165) is 28.2 Å². The van der Waals surface area contributed by atoms with Crippen LogP contribution in [0, 0.1) is 11.7 Å². The van der Waals surface area contributed by atoms with Crippen molar-refractivity contribution in [2.24, 2.45) is 5.92 Å². The number of nitrogens with one attached hydrogen (secondary N) is 2. The number of benzene rings is 3. The number of rotatable bonds is 14. The van der Waals surface area contributed by atoms with Gasteiger partial charge in [-0.3, -0.25) is 13.9 Å². The SMILES string of the molecule is CC(C)Cc1cn(C[C@H](O)[C@H](Cc2ccccc2)NC(=O)c2cc(C(=O)N[C@H](C)c3ccc(F)cc3)cc(N(C)S(C)(=O)=O)c2)nn1. The fourth-order valence-corrected chi connectivity index (χ4v) is 5.51. The second-order valence-corrected chi connectivity index (χ2v) is 14.1. The Balaban J connectivity index is 1.62. The van der Waals surface area contributed by atoms with Crippen LogP contribution in [0.1, 0.15) is 64.3 Å². The minimum Gasteiger partial charge on any atom is -0.389 e. The molecule has 13 heteroatoms. The van der Waals surface area contributed by atoms with E-state index >= 15 is 0 Å². The van der Waals surface area contributed by atoms with Gasteiger partial charge in [-0.15, -0.1) is 5.10 Å². The van der Waals surface area contributed by atoms with E-state index < -0.39 is 45.8 Å². The predicted molar refractivity (Wildman–Crippen MR) is 178 cm³/mol. The van der Waals surface area contributed by atoms with E-state index in [1.165, 1.54) is 37.4 Å². The van der Waals surface area contributed by atoms with Crippen molar-refractivity contribution in [2.45, 2.75) is 58.3 Å². The second-order valence-electron chi connectivity index (χ2n) is 12.1. The average Bonchev–Trinajstić information content (AvgIpc) is 3.45. The van der Waals surface area contributed by atoms with Gasteiger partial charge in [0.1, 0.15) is 5.82 Å². The van der Waals surface area contributed by atoms with Crippen LogP contribution in [0.4, 0.5) is 10.1 Å². The number of aromatic nitrogens is 3. The predicted octanol–water partition coefficient (Wildman–Crippen LogP) is 3.90. The molecule has 0 fully saturated rings. The standard InChI is InChI=1S/C34H41FN6O5S/c1-22(2)15-29-20-41(39-38-29)21-32(42)31(16-24-9-7-6-8-10-24)37-34(44)27-17-26(18-30(19-27)40(4)47(5,45)46)33(43)36-23(3)25-11-13-28(35)14-12-25/h6-14,17-20,22-23,31-32,42H,15-16,21H2,1-5H3,(H,36,43)(H,37,44)/t23-,31+,32+/m1/s1. The van der Waals surface area contributed by atoms with Crippen LogP contribution >= 0.6 is 0 Å². The summed E-state index contributed by atoms with van der Waals surface area (Å²) in [6, 6.07) is 17.8. The second kappa shape index (κ2) is 15.3. The molecule has 0 spiro atoms. The number of nitrogens with zero attached hydrogens (tertiary/aromatic N) is 4. The Morgan fingerprint density at radius 1 is 0.936 bits per heavy atom. The van der Waals surface area contributed by atoms with Crippen molar-refractivity contribution >= 4 is 27.5 Å². The van der Waals surface area contributed by atoms with Crippen LogP contribution in [0.25, 0.3) is 0 Å². The summed E-state index contributed by atoms with van der Waals surface area (Å²) in [4.78, 5) is 27.2. The molecule has 3 N–H and O–H groups in total. The highest BCUT2D eigenvalue weighted by Crippen LogP contribution is 2.23. The van der Waals surface area contributed by atoms with Gasteiger partial charge in [-0.2, -0.15) is 0 Å². The van der Waals surface area contributed by atoms with Crippen molar-refractivity contribution in [3.05, 3.63) is 113 Å². The lowest BCUT2D eigenvalue weighted by atomic mass is 10.00. The van der Waals surface area contributed by atoms with E-state index in [1.54, 1.807) is 29.9 Å². The first-order chi connectivity index (χ1) is 22.2. The molecule has 0 saturated heterocycles. The lowest BCUT2D eigenvalue weighted by molar-refractivity contribution is 0.0779. The molecule has 4 aromatic rings. The van der Waals surface area contributed by atoms with Gasteiger partial charge >= 0.3 is 0 Å². The highest BCUT2D eigenvalue weighted by molar-refractivity contribution is 7.92. The van der Waals surface area contributed by atoms with Crippen LogP contribution in [-0.4, -0.2) is 65.8 Å². The van der Waals surface area contributed by atoms with E-state index in [1.807, 2.05) is 30.3 Å². The van der Waals surface area contributed by atoms with Crippen molar-refractivity contribution in [3.63, 3.8) is 0 Å². The molecule has 250 valence electrons. The molecule has 0 radical (unpaired) electrons. The topological polar surface area (TPSA) is 147 Å². The maximum Gasteiger partial charge on any atom is 0.251 e. The fourth-order valence-electron chi connectivity index (χ4n) is 5.02. The van der Waals surface area contributed by atoms with Gasteiger partial charge in [0.05, 0.1) is 42.4 Å². The summed E-state index contributed by atoms with van der Waals surface area (Å²) in [6.45, 7) is 5.93. The van der Waals surface area contributed by atoms with Crippen molar-refractivity contribution < 1.29 is 27.5 Å². The van der Waals surface area contributed by atoms with Crippen LogP contribution < -0.4 is 14.9 Å². The maximum atomic E-state index is 13.8. The number of sulfonamides is 1. The zero-order chi connectivity index (χ0) is 34.3. The molecule has 1 aromatic heterocycles. The number of hydrogen-bond acceptors (Lipinski definition) is 7. The molecule has 0 aliphatic heterocycles. The van der Waals surface area contributed by atoms with Crippen molar-refractivity contribution in [1.82, 2.24) is 25.6 Å². The maximum absolute atomic E-state index is 13.8. The monoisotopic (exact) mass is 664 g/mol. The molecule has 47 heavy (non-hydrogen) atoms. The number of carbonyl (C=O) groups is 2. The minimum absolute atomic E-state index is 0.0165. The van der Waals surface area contributed by atoms with Gasteiger partial charge < -0.3 is 15.7 Å². The molecular formula is C34H41FN6O5S. The third kappa shape index (κ3) is 9.93. The Bertz CT molecular complexity index is 1780. The highest BCUT2D eigenvalue weighted by Gasteiger charge is 2.26. The molecule has 0 saturated carbocycles. The molecule has 1 heterocycles. The zero-order valence-corrected chi connectivity index (χ0v) is 27.9. The quantitative estimate of drug-likeness (QED) is 0.185. The third-order valence-electron chi connectivity index (χ3n) is 7.68. The molecule has 3 atom stereocenters. The average molecular weight is 665 g/mol. The molecule has 0 aliphatic rings. The van der Waals surface area contributed by atoms with E-state index in [-0.39, 0.29) is 29.8 Å². The Morgan fingerprint density at radius 2 is 1.55 bits per heavy atom. The summed E-state index contributed by atoms with van der Waals surface area (Å²) >= 11 is 0. The van der Waals surface area contributed by atoms with Crippen LogP contribution in [0.3, 0.4) is 0 Å². The summed E-state index contributed by atoms with van der Waals surface area (Å²) in [6.07, 6.45) is 2.73. The van der Waals surface area contributed by atoms with Gasteiger partial charge in [0.15, 0.2) is 0 Å². The van der Waals surface area contributed by atoms with Crippen LogP contribution in [-0.2, 0) is 29.4 Å². The summed E-state index contributed by atoms with van der Waals surface area (Å²) in [5.74, 6) is -1.21. The first-order valence-electron chi connectivity index (χ1n) is 15.3. The van der Waals surface area contributed by atoms with E-state index in [9.17, 15) is 27.5 Å². The van der Waals surface area contributed by atoms with Gasteiger partial charge in [0.25, 0.3) is 11.8 Å². The molecule has 3 aromatic carbocycles. The Kier molecular flexibility index (Phi) is 11.5. The first kappa shape index (κ1) is 35.2. The number of carbonyl (C=O) groups excluding carboxylic acids is 2. The van der Waals surface area contributed by atoms with E-state index in [0.29, 0.717) is 11.5 Å². The molecule has 0 unspecified atom stereocenters. The van der Waals surface area contributed by atoms with Crippen LogP contribution in [0.5, 0.6) is 0 Å². The van der Waals surface area contributed by atoms with Crippen LogP contribution in [0.15, 0.2) is 79.0 Å². The molecule has 11 nitrogen and oxygen atoms in total. The lowest BCUT2D eigenvalue weighted by Gasteiger charge is -2.25. The van der Waals surface area contributed by atoms with Crippen molar-refractivity contribution in [3.8, 4) is 0 Å². The van der Waals surface area contributed by atoms with Gasteiger partial charge in [-0.25, -0.2) is 17.5 Å². The highest BCUT2D eigenvalue weighted by atomic mass is 32.2. The van der Waals surface area contributed by atoms with Gasteiger partial charge in [-0.05, 0) is 67.1 Å². The number of amides is 2. The van der Waals surface area contributed by atoms with Crippen molar-refractivity contribution in [1.29, 1.82) is 0 Å². The third-order valence-corrected chi connectivity index (χ3v) is 8.88. The van der Waals surface area contributed by atoms with Gasteiger partial charge in [0.2, 0.25) is 10.0 Å².